The first-order valence-corrected chi connectivity index (χ1v) is 9.57. The minimum atomic E-state index is -0.996. The van der Waals surface area contributed by atoms with Gasteiger partial charge in [0, 0.05) is 16.3 Å². The molecule has 31 heavy (non-hydrogen) atoms. The van der Waals surface area contributed by atoms with Crippen molar-refractivity contribution in [3.63, 3.8) is 0 Å². The van der Waals surface area contributed by atoms with Gasteiger partial charge >= 0.3 is 5.97 Å². The largest absolute Gasteiger partial charge is 0.488 e. The molecule has 0 spiro atoms. The number of nitriles is 1. The quantitative estimate of drug-likeness (QED) is 0.396. The lowest BCUT2D eigenvalue weighted by atomic mass is 10.1. The number of carbonyl (C=O) groups excluding carboxylic acids is 1. The lowest BCUT2D eigenvalue weighted by molar-refractivity contribution is -0.112. The molecule has 0 aliphatic heterocycles. The Hall–Kier alpha value is -4.08. The van der Waals surface area contributed by atoms with E-state index < -0.39 is 11.9 Å². The van der Waals surface area contributed by atoms with Crippen LogP contribution < -0.4 is 10.1 Å². The summed E-state index contributed by atoms with van der Waals surface area (Å²) in [6.07, 6.45) is 1.45. The van der Waals surface area contributed by atoms with E-state index in [1.807, 2.05) is 6.07 Å². The minimum absolute atomic E-state index is 0.0863. The first-order chi connectivity index (χ1) is 15.0. The number of hydrogen-bond acceptors (Lipinski definition) is 4. The number of nitrogens with zero attached hydrogens (tertiary/aromatic N) is 1. The molecular weight excluding hydrogens is 416 g/mol. The van der Waals surface area contributed by atoms with Gasteiger partial charge in [-0.2, -0.15) is 5.26 Å². The topological polar surface area (TPSA) is 99.4 Å². The standard InChI is InChI=1S/C24H17ClN2O4/c25-20-9-11-21(12-10-20)27-23(28)19(14-26)13-18-3-1-2-4-22(18)31-15-16-5-7-17(8-6-16)24(29)30/h1-13H,15H2,(H,27,28)(H,29,30). The molecule has 0 radical (unpaired) electrons. The Bertz CT molecular complexity index is 1160. The van der Waals surface area contributed by atoms with Gasteiger partial charge in [0.15, 0.2) is 0 Å². The third kappa shape index (κ3) is 5.95. The molecule has 0 saturated heterocycles. The summed E-state index contributed by atoms with van der Waals surface area (Å²) in [6, 6.07) is 21.8. The maximum Gasteiger partial charge on any atom is 0.335 e. The smallest absolute Gasteiger partial charge is 0.335 e. The molecule has 0 atom stereocenters. The summed E-state index contributed by atoms with van der Waals surface area (Å²) in [5.41, 5.74) is 1.97. The summed E-state index contributed by atoms with van der Waals surface area (Å²) >= 11 is 5.84. The lowest BCUT2D eigenvalue weighted by Crippen LogP contribution is -2.13. The van der Waals surface area contributed by atoms with Crippen molar-refractivity contribution in [3.8, 4) is 11.8 Å². The van der Waals surface area contributed by atoms with Gasteiger partial charge in [-0.25, -0.2) is 4.79 Å². The number of hydrogen-bond donors (Lipinski definition) is 2. The monoisotopic (exact) mass is 432 g/mol. The molecule has 1 amide bonds. The third-order valence-electron chi connectivity index (χ3n) is 4.28. The van der Waals surface area contributed by atoms with Crippen molar-refractivity contribution in [1.29, 1.82) is 5.26 Å². The molecule has 6 nitrogen and oxygen atoms in total. The number of halogens is 1. The maximum atomic E-state index is 12.5. The zero-order chi connectivity index (χ0) is 22.2. The minimum Gasteiger partial charge on any atom is -0.488 e. The van der Waals surface area contributed by atoms with Gasteiger partial charge in [-0.1, -0.05) is 41.9 Å². The molecular formula is C24H17ClN2O4. The van der Waals surface area contributed by atoms with Crippen LogP contribution in [0.3, 0.4) is 0 Å². The van der Waals surface area contributed by atoms with Gasteiger partial charge in [0.2, 0.25) is 0 Å². The highest BCUT2D eigenvalue weighted by molar-refractivity contribution is 6.30. The van der Waals surface area contributed by atoms with Crippen LogP contribution >= 0.6 is 11.6 Å². The molecule has 0 unspecified atom stereocenters. The SMILES string of the molecule is N#CC(=Cc1ccccc1OCc1ccc(C(=O)O)cc1)C(=O)Nc1ccc(Cl)cc1. The average Bonchev–Trinajstić information content (AvgIpc) is 2.78. The number of nitrogens with one attached hydrogen (secondary N) is 1. The van der Waals surface area contributed by atoms with Crippen molar-refractivity contribution >= 4 is 35.2 Å². The number of ether oxygens (including phenoxy) is 1. The zero-order valence-electron chi connectivity index (χ0n) is 16.2. The Morgan fingerprint density at radius 1 is 1.03 bits per heavy atom. The highest BCUT2D eigenvalue weighted by atomic mass is 35.5. The van der Waals surface area contributed by atoms with Crippen molar-refractivity contribution in [1.82, 2.24) is 0 Å². The average molecular weight is 433 g/mol. The number of amides is 1. The summed E-state index contributed by atoms with van der Waals surface area (Å²) in [4.78, 5) is 23.4. The van der Waals surface area contributed by atoms with Crippen molar-refractivity contribution < 1.29 is 19.4 Å². The van der Waals surface area contributed by atoms with Crippen LogP contribution in [-0.2, 0) is 11.4 Å². The predicted octanol–water partition coefficient (Wildman–Crippen LogP) is 5.16. The van der Waals surface area contributed by atoms with Crippen molar-refractivity contribution in [2.75, 3.05) is 5.32 Å². The molecule has 0 heterocycles. The van der Waals surface area contributed by atoms with Crippen molar-refractivity contribution in [2.45, 2.75) is 6.61 Å². The number of para-hydroxylation sites is 1. The summed E-state index contributed by atoms with van der Waals surface area (Å²) in [5, 5.41) is 21.6. The number of aromatic carboxylic acids is 1. The fourth-order valence-electron chi connectivity index (χ4n) is 2.67. The van der Waals surface area contributed by atoms with Gasteiger partial charge in [-0.05, 0) is 54.1 Å². The van der Waals surface area contributed by atoms with Crippen LogP contribution in [0.1, 0.15) is 21.5 Å². The van der Waals surface area contributed by atoms with Crippen LogP contribution in [-0.4, -0.2) is 17.0 Å². The molecule has 0 saturated carbocycles. The molecule has 0 aliphatic carbocycles. The van der Waals surface area contributed by atoms with Crippen LogP contribution in [0.5, 0.6) is 5.75 Å². The molecule has 3 aromatic carbocycles. The number of carbonyl (C=O) groups is 2. The fourth-order valence-corrected chi connectivity index (χ4v) is 2.80. The highest BCUT2D eigenvalue weighted by Crippen LogP contribution is 2.23. The van der Waals surface area contributed by atoms with Gasteiger partial charge < -0.3 is 15.2 Å². The molecule has 0 aromatic heterocycles. The molecule has 0 bridgehead atoms. The Labute approximate surface area is 184 Å². The number of carboxylic acids is 1. The first kappa shape index (κ1) is 21.6. The second kappa shape index (κ2) is 10.1. The Morgan fingerprint density at radius 3 is 2.35 bits per heavy atom. The highest BCUT2D eigenvalue weighted by Gasteiger charge is 2.12. The van der Waals surface area contributed by atoms with Crippen molar-refractivity contribution in [3.05, 3.63) is 100 Å². The normalized spacial score (nSPS) is 10.8. The van der Waals surface area contributed by atoms with Crippen LogP contribution in [0.15, 0.2) is 78.4 Å². The second-order valence-electron chi connectivity index (χ2n) is 6.46. The van der Waals surface area contributed by atoms with Gasteiger partial charge in [0.05, 0.1) is 5.56 Å². The van der Waals surface area contributed by atoms with Gasteiger partial charge in [-0.3, -0.25) is 4.79 Å². The van der Waals surface area contributed by atoms with Gasteiger partial charge in [-0.15, -0.1) is 0 Å². The van der Waals surface area contributed by atoms with E-state index in [1.165, 1.54) is 18.2 Å². The number of carboxylic acid groups (broad SMARTS) is 1. The van der Waals surface area contributed by atoms with Crippen LogP contribution in [0, 0.1) is 11.3 Å². The van der Waals surface area contributed by atoms with Crippen LogP contribution in [0.25, 0.3) is 6.08 Å². The maximum absolute atomic E-state index is 12.5. The molecule has 7 heteroatoms. The van der Waals surface area contributed by atoms with E-state index in [9.17, 15) is 14.9 Å². The van der Waals surface area contributed by atoms with Crippen molar-refractivity contribution in [2.24, 2.45) is 0 Å². The van der Waals surface area contributed by atoms with E-state index in [0.717, 1.165) is 5.56 Å². The van der Waals surface area contributed by atoms with Gasteiger partial charge in [0.1, 0.15) is 24.0 Å². The van der Waals surface area contributed by atoms with E-state index in [2.05, 4.69) is 5.32 Å². The molecule has 3 aromatic rings. The van der Waals surface area contributed by atoms with Crippen LogP contribution in [0.2, 0.25) is 5.02 Å². The molecule has 0 aliphatic rings. The zero-order valence-corrected chi connectivity index (χ0v) is 17.0. The summed E-state index contributed by atoms with van der Waals surface area (Å²) < 4.78 is 5.83. The Balaban J connectivity index is 1.75. The van der Waals surface area contributed by atoms with E-state index >= 15 is 0 Å². The number of rotatable bonds is 7. The molecule has 3 rings (SSSR count). The summed E-state index contributed by atoms with van der Waals surface area (Å²) in [6.45, 7) is 0.198. The van der Waals surface area contributed by atoms with E-state index in [1.54, 1.807) is 60.7 Å². The molecule has 0 fully saturated rings. The summed E-state index contributed by atoms with van der Waals surface area (Å²) in [5.74, 6) is -1.07. The van der Waals surface area contributed by atoms with Gasteiger partial charge in [0.25, 0.3) is 5.91 Å². The predicted molar refractivity (Wildman–Crippen MR) is 118 cm³/mol. The molecule has 154 valence electrons. The summed E-state index contributed by atoms with van der Waals surface area (Å²) in [7, 11) is 0. The second-order valence-corrected chi connectivity index (χ2v) is 6.90. The lowest BCUT2D eigenvalue weighted by Gasteiger charge is -2.10. The van der Waals surface area contributed by atoms with E-state index in [0.29, 0.717) is 22.0 Å². The Kier molecular flexibility index (Phi) is 7.05. The Morgan fingerprint density at radius 2 is 1.71 bits per heavy atom. The number of benzene rings is 3. The van der Waals surface area contributed by atoms with E-state index in [4.69, 9.17) is 21.4 Å². The molecule has 2 N–H and O–H groups in total. The fraction of sp³-hybridized carbons (Fsp3) is 0.0417. The van der Waals surface area contributed by atoms with Crippen LogP contribution in [0.4, 0.5) is 5.69 Å². The third-order valence-corrected chi connectivity index (χ3v) is 4.53. The first-order valence-electron chi connectivity index (χ1n) is 9.19. The van der Waals surface area contributed by atoms with E-state index in [-0.39, 0.29) is 17.7 Å². The number of anilines is 1.